The van der Waals surface area contributed by atoms with E-state index in [1.54, 1.807) is 24.3 Å². The van der Waals surface area contributed by atoms with Gasteiger partial charge in [-0.15, -0.1) is 0 Å². The second kappa shape index (κ2) is 4.95. The maximum atomic E-state index is 10.8. The Kier molecular flexibility index (Phi) is 3.62. The Labute approximate surface area is 87.3 Å². The Bertz CT molecular complexity index is 410. The molecular formula is C11H10NO3. The number of amides is 1. The summed E-state index contributed by atoms with van der Waals surface area (Å²) in [6.07, 6.45) is 2.54. The summed E-state index contributed by atoms with van der Waals surface area (Å²) in [6, 6.07) is 6.78. The number of hydrogen-bond donors (Lipinski definition) is 0. The van der Waals surface area contributed by atoms with E-state index >= 15 is 0 Å². The molecule has 0 aliphatic heterocycles. The predicted octanol–water partition coefficient (Wildman–Crippen LogP) is 1.43. The highest BCUT2D eigenvalue weighted by atomic mass is 16.5. The van der Waals surface area contributed by atoms with Gasteiger partial charge in [0.25, 0.3) is 5.91 Å². The molecule has 1 N–H and O–H groups in total. The number of carbonyl (C=O) groups is 2. The minimum Gasteiger partial charge on any atom is -0.426 e. The first-order valence-corrected chi connectivity index (χ1v) is 4.30. The monoisotopic (exact) mass is 204 g/mol. The highest BCUT2D eigenvalue weighted by molar-refractivity contribution is 5.90. The van der Waals surface area contributed by atoms with Crippen LogP contribution in [-0.4, -0.2) is 11.9 Å². The number of esters is 1. The van der Waals surface area contributed by atoms with Gasteiger partial charge in [0.1, 0.15) is 5.75 Å². The van der Waals surface area contributed by atoms with Gasteiger partial charge in [-0.2, -0.15) is 0 Å². The van der Waals surface area contributed by atoms with Crippen molar-refractivity contribution in [2.75, 3.05) is 0 Å². The van der Waals surface area contributed by atoms with Crippen LogP contribution < -0.4 is 10.5 Å². The lowest BCUT2D eigenvalue weighted by atomic mass is 10.2. The van der Waals surface area contributed by atoms with Gasteiger partial charge in [0.2, 0.25) is 0 Å². The zero-order chi connectivity index (χ0) is 11.3. The molecule has 0 aliphatic rings. The van der Waals surface area contributed by atoms with Crippen molar-refractivity contribution < 1.29 is 14.3 Å². The number of carbonyl (C=O) groups excluding carboxylic acids is 2. The summed E-state index contributed by atoms with van der Waals surface area (Å²) >= 11 is 0. The third-order valence-electron chi connectivity index (χ3n) is 1.59. The molecule has 15 heavy (non-hydrogen) atoms. The number of hydrogen-bond acceptors (Lipinski definition) is 3. The summed E-state index contributed by atoms with van der Waals surface area (Å²) < 4.78 is 4.91. The molecule has 0 aliphatic carbocycles. The fourth-order valence-corrected chi connectivity index (χ4v) is 1.03. The molecule has 1 amide bonds. The highest BCUT2D eigenvalue weighted by Gasteiger charge is 2.02. The molecule has 0 bridgehead atoms. The summed E-state index contributed by atoms with van der Waals surface area (Å²) in [4.78, 5) is 21.2. The van der Waals surface area contributed by atoms with Gasteiger partial charge < -0.3 is 4.74 Å². The molecule has 0 fully saturated rings. The third-order valence-corrected chi connectivity index (χ3v) is 1.59. The van der Waals surface area contributed by atoms with E-state index < -0.39 is 11.9 Å². The second-order valence-electron chi connectivity index (χ2n) is 2.83. The normalized spacial score (nSPS) is 10.2. The summed E-state index contributed by atoms with van der Waals surface area (Å²) in [6.45, 7) is 1.30. The van der Waals surface area contributed by atoms with Gasteiger partial charge in [0, 0.05) is 18.6 Å². The third kappa shape index (κ3) is 3.64. The molecule has 0 spiro atoms. The number of rotatable bonds is 3. The fourth-order valence-electron chi connectivity index (χ4n) is 1.03. The van der Waals surface area contributed by atoms with Crippen molar-refractivity contribution in [1.82, 2.24) is 5.73 Å². The van der Waals surface area contributed by atoms with E-state index in [-0.39, 0.29) is 0 Å². The van der Waals surface area contributed by atoms with E-state index in [1.165, 1.54) is 13.0 Å². The van der Waals surface area contributed by atoms with Crippen molar-refractivity contribution in [2.24, 2.45) is 0 Å². The van der Waals surface area contributed by atoms with Crippen LogP contribution in [0.3, 0.4) is 0 Å². The molecule has 4 heteroatoms. The molecule has 0 unspecified atom stereocenters. The number of para-hydroxylation sites is 1. The zero-order valence-electron chi connectivity index (χ0n) is 8.19. The van der Waals surface area contributed by atoms with Crippen LogP contribution in [-0.2, 0) is 9.59 Å². The average molecular weight is 204 g/mol. The molecule has 77 valence electrons. The van der Waals surface area contributed by atoms with E-state index in [0.717, 1.165) is 6.08 Å². The van der Waals surface area contributed by atoms with E-state index in [1.807, 2.05) is 0 Å². The molecule has 0 heterocycles. The largest absolute Gasteiger partial charge is 0.426 e. The van der Waals surface area contributed by atoms with Crippen LogP contribution in [0.15, 0.2) is 30.3 Å². The van der Waals surface area contributed by atoms with Gasteiger partial charge in [-0.05, 0) is 12.1 Å². The standard InChI is InChI=1S/C11H10NO3/c1-8(13)15-10-5-3-2-4-9(10)6-7-11(12)14/h2-7,12H,1H3/b7-6-. The zero-order valence-corrected chi connectivity index (χ0v) is 8.19. The van der Waals surface area contributed by atoms with Crippen LogP contribution in [0.5, 0.6) is 5.75 Å². The molecule has 0 saturated carbocycles. The van der Waals surface area contributed by atoms with Gasteiger partial charge in [0.15, 0.2) is 0 Å². The van der Waals surface area contributed by atoms with Crippen LogP contribution in [0.2, 0.25) is 0 Å². The number of ether oxygens (including phenoxy) is 1. The summed E-state index contributed by atoms with van der Waals surface area (Å²) in [7, 11) is 0. The Balaban J connectivity index is 2.95. The molecule has 4 nitrogen and oxygen atoms in total. The van der Waals surface area contributed by atoms with E-state index in [4.69, 9.17) is 10.5 Å². The maximum Gasteiger partial charge on any atom is 0.308 e. The lowest BCUT2D eigenvalue weighted by Gasteiger charge is -2.04. The van der Waals surface area contributed by atoms with Crippen molar-refractivity contribution in [2.45, 2.75) is 6.92 Å². The minimum atomic E-state index is -0.798. The van der Waals surface area contributed by atoms with E-state index in [0.29, 0.717) is 11.3 Å². The molecule has 0 aromatic heterocycles. The fraction of sp³-hybridized carbons (Fsp3) is 0.0909. The first-order valence-electron chi connectivity index (χ1n) is 4.30. The summed E-state index contributed by atoms with van der Waals surface area (Å²) in [5.41, 5.74) is 7.30. The quantitative estimate of drug-likeness (QED) is 0.425. The Morgan fingerprint density at radius 2 is 2.00 bits per heavy atom. The second-order valence-corrected chi connectivity index (χ2v) is 2.83. The molecule has 1 rings (SSSR count). The van der Waals surface area contributed by atoms with Gasteiger partial charge in [0.05, 0.1) is 0 Å². The van der Waals surface area contributed by atoms with Crippen molar-refractivity contribution in [3.63, 3.8) is 0 Å². The minimum absolute atomic E-state index is 0.377. The predicted molar refractivity (Wildman–Crippen MR) is 54.9 cm³/mol. The van der Waals surface area contributed by atoms with Crippen molar-refractivity contribution in [3.05, 3.63) is 35.9 Å². The Morgan fingerprint density at radius 1 is 1.33 bits per heavy atom. The molecule has 1 radical (unpaired) electrons. The van der Waals surface area contributed by atoms with Gasteiger partial charge >= 0.3 is 5.97 Å². The first kappa shape index (κ1) is 11.0. The molecule has 0 saturated heterocycles. The molecule has 0 atom stereocenters. The highest BCUT2D eigenvalue weighted by Crippen LogP contribution is 2.19. The molecular weight excluding hydrogens is 194 g/mol. The Morgan fingerprint density at radius 3 is 2.60 bits per heavy atom. The van der Waals surface area contributed by atoms with Crippen LogP contribution >= 0.6 is 0 Å². The van der Waals surface area contributed by atoms with Crippen LogP contribution in [0.1, 0.15) is 12.5 Å². The summed E-state index contributed by atoms with van der Waals surface area (Å²) in [5, 5.41) is 0. The van der Waals surface area contributed by atoms with Crippen molar-refractivity contribution >= 4 is 18.0 Å². The number of benzene rings is 1. The van der Waals surface area contributed by atoms with Gasteiger partial charge in [-0.25, -0.2) is 0 Å². The summed E-state index contributed by atoms with van der Waals surface area (Å²) in [5.74, 6) is -0.844. The van der Waals surface area contributed by atoms with Crippen LogP contribution in [0.4, 0.5) is 0 Å². The molecule has 1 aromatic carbocycles. The smallest absolute Gasteiger partial charge is 0.308 e. The van der Waals surface area contributed by atoms with E-state index in [2.05, 4.69) is 0 Å². The SMILES string of the molecule is CC(=O)Oc1ccccc1/C=C\C([NH])=O. The maximum absolute atomic E-state index is 10.8. The van der Waals surface area contributed by atoms with Crippen molar-refractivity contribution in [1.29, 1.82) is 0 Å². The van der Waals surface area contributed by atoms with Gasteiger partial charge in [-0.3, -0.25) is 15.3 Å². The Hall–Kier alpha value is -2.10. The lowest BCUT2D eigenvalue weighted by Crippen LogP contribution is -2.02. The number of nitrogens with one attached hydrogen (secondary N) is 1. The van der Waals surface area contributed by atoms with E-state index in [9.17, 15) is 9.59 Å². The van der Waals surface area contributed by atoms with Crippen molar-refractivity contribution in [3.8, 4) is 5.75 Å². The van der Waals surface area contributed by atoms with Gasteiger partial charge in [-0.1, -0.05) is 18.2 Å². The first-order chi connectivity index (χ1) is 7.09. The molecule has 1 aromatic rings. The van der Waals surface area contributed by atoms with Crippen LogP contribution in [0, 0.1) is 0 Å². The average Bonchev–Trinajstić information content (AvgIpc) is 2.15. The lowest BCUT2D eigenvalue weighted by molar-refractivity contribution is -0.131. The topological polar surface area (TPSA) is 67.2 Å². The van der Waals surface area contributed by atoms with Crippen LogP contribution in [0.25, 0.3) is 6.08 Å².